The molecular weight excluding hydrogens is 260 g/mol. The first-order valence-electron chi connectivity index (χ1n) is 8.56. The van der Waals surface area contributed by atoms with Crippen LogP contribution in [-0.2, 0) is 12.8 Å². The van der Waals surface area contributed by atoms with Gasteiger partial charge in [0.05, 0.1) is 6.61 Å². The van der Waals surface area contributed by atoms with Gasteiger partial charge in [0.15, 0.2) is 0 Å². The zero-order chi connectivity index (χ0) is 14.1. The first-order chi connectivity index (χ1) is 10.4. The Balaban J connectivity index is 1.43. The smallest absolute Gasteiger partial charge is 0.122 e. The molecule has 3 heteroatoms. The Labute approximate surface area is 127 Å². The van der Waals surface area contributed by atoms with E-state index in [4.69, 9.17) is 4.74 Å². The lowest BCUT2D eigenvalue weighted by molar-refractivity contribution is 0.0661. The molecule has 1 aromatic rings. The maximum atomic E-state index is 5.61. The fourth-order valence-electron chi connectivity index (χ4n) is 4.42. The van der Waals surface area contributed by atoms with E-state index in [0.717, 1.165) is 25.3 Å². The van der Waals surface area contributed by atoms with Gasteiger partial charge in [-0.3, -0.25) is 4.90 Å². The molecular formula is C18H26N2O. The van der Waals surface area contributed by atoms with Crippen molar-refractivity contribution in [2.24, 2.45) is 0 Å². The van der Waals surface area contributed by atoms with Gasteiger partial charge in [0, 0.05) is 38.1 Å². The van der Waals surface area contributed by atoms with E-state index in [0.29, 0.717) is 5.54 Å². The molecule has 4 rings (SSSR count). The maximum absolute atomic E-state index is 5.61. The average molecular weight is 286 g/mol. The number of hydrogen-bond acceptors (Lipinski definition) is 3. The molecule has 2 fully saturated rings. The van der Waals surface area contributed by atoms with Crippen molar-refractivity contribution in [3.8, 4) is 5.75 Å². The fraction of sp³-hybridized carbons (Fsp3) is 0.667. The topological polar surface area (TPSA) is 24.5 Å². The molecule has 21 heavy (non-hydrogen) atoms. The molecule has 0 aromatic heterocycles. The lowest BCUT2D eigenvalue weighted by atomic mass is 9.92. The molecule has 1 aromatic carbocycles. The van der Waals surface area contributed by atoms with Gasteiger partial charge in [-0.1, -0.05) is 25.0 Å². The largest absolute Gasteiger partial charge is 0.493 e. The zero-order valence-corrected chi connectivity index (χ0v) is 12.9. The van der Waals surface area contributed by atoms with Crippen LogP contribution in [0, 0.1) is 0 Å². The van der Waals surface area contributed by atoms with Gasteiger partial charge in [-0.15, -0.1) is 0 Å². The summed E-state index contributed by atoms with van der Waals surface area (Å²) in [5.74, 6) is 1.10. The molecule has 2 aliphatic heterocycles. The Morgan fingerprint density at radius 1 is 1.24 bits per heavy atom. The molecule has 1 aliphatic carbocycles. The van der Waals surface area contributed by atoms with Crippen LogP contribution in [0.3, 0.4) is 0 Å². The molecule has 2 heterocycles. The minimum absolute atomic E-state index is 0.470. The lowest BCUT2D eigenvalue weighted by Gasteiger charge is -2.45. The van der Waals surface area contributed by atoms with Crippen LogP contribution in [0.15, 0.2) is 18.2 Å². The number of fused-ring (bicyclic) bond motifs is 1. The summed E-state index contributed by atoms with van der Waals surface area (Å²) in [7, 11) is 0. The highest BCUT2D eigenvalue weighted by Crippen LogP contribution is 2.36. The van der Waals surface area contributed by atoms with E-state index in [-0.39, 0.29) is 0 Å². The second kappa shape index (κ2) is 5.62. The van der Waals surface area contributed by atoms with Crippen LogP contribution in [0.2, 0.25) is 0 Å². The Bertz CT molecular complexity index is 508. The van der Waals surface area contributed by atoms with Crippen LogP contribution in [0.4, 0.5) is 0 Å². The van der Waals surface area contributed by atoms with E-state index in [2.05, 4.69) is 28.4 Å². The second-order valence-electron chi connectivity index (χ2n) is 6.89. The van der Waals surface area contributed by atoms with E-state index in [1.165, 1.54) is 62.9 Å². The first kappa shape index (κ1) is 13.6. The fourth-order valence-corrected chi connectivity index (χ4v) is 4.42. The van der Waals surface area contributed by atoms with Crippen LogP contribution in [0.5, 0.6) is 5.75 Å². The third-order valence-electron chi connectivity index (χ3n) is 5.64. The highest BCUT2D eigenvalue weighted by Gasteiger charge is 2.40. The van der Waals surface area contributed by atoms with E-state index in [1.807, 2.05) is 0 Å². The SMILES string of the molecule is c1cc2c(cc1CCN1CCNCC13CCCC3)CCO2. The van der Waals surface area contributed by atoms with Crippen LogP contribution in [0.25, 0.3) is 0 Å². The highest BCUT2D eigenvalue weighted by atomic mass is 16.5. The molecule has 3 aliphatic rings. The van der Waals surface area contributed by atoms with Crippen molar-refractivity contribution >= 4 is 0 Å². The predicted molar refractivity (Wildman–Crippen MR) is 85.0 cm³/mol. The standard InChI is InChI=1S/C18H26N2O/c1-2-8-18(7-1)14-19-9-11-20(18)10-5-15-3-4-17-16(13-15)6-12-21-17/h3-4,13,19H,1-2,5-12,14H2. The Hall–Kier alpha value is -1.06. The Morgan fingerprint density at radius 2 is 2.14 bits per heavy atom. The monoisotopic (exact) mass is 286 g/mol. The van der Waals surface area contributed by atoms with Gasteiger partial charge in [0.1, 0.15) is 5.75 Å². The number of hydrogen-bond donors (Lipinski definition) is 1. The molecule has 0 atom stereocenters. The molecule has 0 unspecified atom stereocenters. The molecule has 1 saturated carbocycles. The summed E-state index contributed by atoms with van der Waals surface area (Å²) in [6.45, 7) is 5.64. The number of rotatable bonds is 3. The third-order valence-corrected chi connectivity index (χ3v) is 5.64. The van der Waals surface area contributed by atoms with Crippen molar-refractivity contribution in [1.82, 2.24) is 10.2 Å². The summed E-state index contributed by atoms with van der Waals surface area (Å²) in [5, 5.41) is 3.62. The van der Waals surface area contributed by atoms with Gasteiger partial charge in [-0.25, -0.2) is 0 Å². The lowest BCUT2D eigenvalue weighted by Crippen LogP contribution is -2.60. The first-order valence-corrected chi connectivity index (χ1v) is 8.56. The molecule has 3 nitrogen and oxygen atoms in total. The van der Waals surface area contributed by atoms with Crippen molar-refractivity contribution in [3.05, 3.63) is 29.3 Å². The zero-order valence-electron chi connectivity index (χ0n) is 12.9. The van der Waals surface area contributed by atoms with E-state index < -0.39 is 0 Å². The van der Waals surface area contributed by atoms with Gasteiger partial charge in [0.2, 0.25) is 0 Å². The summed E-state index contributed by atoms with van der Waals surface area (Å²) < 4.78 is 5.61. The number of piperazine rings is 1. The minimum atomic E-state index is 0.470. The normalized spacial score (nSPS) is 24.2. The van der Waals surface area contributed by atoms with Crippen LogP contribution < -0.4 is 10.1 Å². The van der Waals surface area contributed by atoms with Gasteiger partial charge < -0.3 is 10.1 Å². The minimum Gasteiger partial charge on any atom is -0.493 e. The molecule has 114 valence electrons. The van der Waals surface area contributed by atoms with Crippen LogP contribution in [0.1, 0.15) is 36.8 Å². The van der Waals surface area contributed by atoms with Gasteiger partial charge in [0.25, 0.3) is 0 Å². The molecule has 0 bridgehead atoms. The Morgan fingerprint density at radius 3 is 3.05 bits per heavy atom. The van der Waals surface area contributed by atoms with Gasteiger partial charge >= 0.3 is 0 Å². The van der Waals surface area contributed by atoms with Crippen molar-refractivity contribution < 1.29 is 4.74 Å². The van der Waals surface area contributed by atoms with Crippen molar-refractivity contribution in [1.29, 1.82) is 0 Å². The highest BCUT2D eigenvalue weighted by molar-refractivity contribution is 5.39. The van der Waals surface area contributed by atoms with Crippen molar-refractivity contribution in [3.63, 3.8) is 0 Å². The number of nitrogens with zero attached hydrogens (tertiary/aromatic N) is 1. The van der Waals surface area contributed by atoms with Gasteiger partial charge in [-0.05, 0) is 36.5 Å². The van der Waals surface area contributed by atoms with Crippen LogP contribution in [-0.4, -0.2) is 43.2 Å². The molecule has 1 spiro atoms. The van der Waals surface area contributed by atoms with E-state index in [1.54, 1.807) is 0 Å². The summed E-state index contributed by atoms with van der Waals surface area (Å²) in [5.41, 5.74) is 3.35. The number of ether oxygens (including phenoxy) is 1. The van der Waals surface area contributed by atoms with Crippen LogP contribution >= 0.6 is 0 Å². The summed E-state index contributed by atoms with van der Waals surface area (Å²) >= 11 is 0. The average Bonchev–Trinajstić information content (AvgIpc) is 3.16. The Kier molecular flexibility index (Phi) is 3.64. The number of benzene rings is 1. The predicted octanol–water partition coefficient (Wildman–Crippen LogP) is 2.38. The van der Waals surface area contributed by atoms with Crippen molar-refractivity contribution in [2.75, 3.05) is 32.8 Å². The third kappa shape index (κ3) is 2.58. The van der Waals surface area contributed by atoms with E-state index in [9.17, 15) is 0 Å². The molecule has 1 N–H and O–H groups in total. The molecule has 0 radical (unpaired) electrons. The maximum Gasteiger partial charge on any atom is 0.122 e. The van der Waals surface area contributed by atoms with Gasteiger partial charge in [-0.2, -0.15) is 0 Å². The van der Waals surface area contributed by atoms with E-state index >= 15 is 0 Å². The quantitative estimate of drug-likeness (QED) is 0.923. The molecule has 0 amide bonds. The van der Waals surface area contributed by atoms with Crippen molar-refractivity contribution in [2.45, 2.75) is 44.1 Å². The summed E-state index contributed by atoms with van der Waals surface area (Å²) in [6, 6.07) is 6.79. The summed E-state index contributed by atoms with van der Waals surface area (Å²) in [4.78, 5) is 2.78. The number of nitrogens with one attached hydrogen (secondary N) is 1. The summed E-state index contributed by atoms with van der Waals surface area (Å²) in [6.07, 6.45) is 7.86. The second-order valence-corrected chi connectivity index (χ2v) is 6.89. The molecule has 1 saturated heterocycles.